The van der Waals surface area contributed by atoms with Crippen molar-refractivity contribution >= 4 is 11.6 Å². The van der Waals surface area contributed by atoms with Crippen LogP contribution < -0.4 is 14.8 Å². The molecule has 3 nitrogen and oxygen atoms in total. The lowest BCUT2D eigenvalue weighted by molar-refractivity contribution is 0.393. The fourth-order valence-electron chi connectivity index (χ4n) is 2.04. The average molecular weight is 258 g/mol. The van der Waals surface area contributed by atoms with Crippen molar-refractivity contribution in [3.05, 3.63) is 21.7 Å². The van der Waals surface area contributed by atoms with E-state index in [0.717, 1.165) is 41.2 Å². The number of benzene rings is 1. The molecule has 0 aliphatic carbocycles. The molecule has 1 aromatic rings. The Labute approximate surface area is 108 Å². The molecule has 0 saturated heterocycles. The van der Waals surface area contributed by atoms with Gasteiger partial charge < -0.3 is 14.8 Å². The van der Waals surface area contributed by atoms with Gasteiger partial charge in [-0.2, -0.15) is 0 Å². The molecule has 0 unspecified atom stereocenters. The topological polar surface area (TPSA) is 30.5 Å². The maximum Gasteiger partial charge on any atom is 0.141 e. The highest BCUT2D eigenvalue weighted by atomic mass is 35.5. The summed E-state index contributed by atoms with van der Waals surface area (Å²) in [5, 5.41) is 3.77. The Balaban J connectivity index is 3.38. The first-order valence-corrected chi connectivity index (χ1v) is 6.00. The third-order valence-electron chi connectivity index (χ3n) is 2.97. The van der Waals surface area contributed by atoms with Crippen molar-refractivity contribution in [3.8, 4) is 11.5 Å². The number of halogens is 1. The molecule has 0 heterocycles. The van der Waals surface area contributed by atoms with Crippen LogP contribution in [0.4, 0.5) is 0 Å². The fourth-order valence-corrected chi connectivity index (χ4v) is 2.34. The number of likely N-dealkylation sites (N-methyl/N-ethyl adjacent to an activating group) is 1. The van der Waals surface area contributed by atoms with Crippen molar-refractivity contribution in [2.75, 3.05) is 27.8 Å². The number of nitrogens with one attached hydrogen (secondary N) is 1. The molecule has 0 amide bonds. The molecule has 0 aromatic heterocycles. The van der Waals surface area contributed by atoms with Crippen molar-refractivity contribution in [2.24, 2.45) is 0 Å². The number of hydrogen-bond acceptors (Lipinski definition) is 3. The second-order valence-corrected chi connectivity index (χ2v) is 4.34. The molecule has 96 valence electrons. The average Bonchev–Trinajstić information content (AvgIpc) is 2.33. The third kappa shape index (κ3) is 2.67. The lowest BCUT2D eigenvalue weighted by Crippen LogP contribution is -2.13. The van der Waals surface area contributed by atoms with Gasteiger partial charge in [0.25, 0.3) is 0 Å². The van der Waals surface area contributed by atoms with Crippen molar-refractivity contribution in [1.29, 1.82) is 0 Å². The third-order valence-corrected chi connectivity index (χ3v) is 3.42. The van der Waals surface area contributed by atoms with Crippen LogP contribution in [0.1, 0.15) is 16.7 Å². The molecule has 0 radical (unpaired) electrons. The molecule has 0 saturated carbocycles. The molecule has 17 heavy (non-hydrogen) atoms. The van der Waals surface area contributed by atoms with Gasteiger partial charge in [-0.05, 0) is 39.4 Å². The van der Waals surface area contributed by atoms with E-state index in [9.17, 15) is 0 Å². The highest BCUT2D eigenvalue weighted by molar-refractivity contribution is 6.33. The minimum Gasteiger partial charge on any atom is -0.496 e. The van der Waals surface area contributed by atoms with Crippen LogP contribution in [0.2, 0.25) is 5.02 Å². The van der Waals surface area contributed by atoms with Gasteiger partial charge in [0.2, 0.25) is 0 Å². The van der Waals surface area contributed by atoms with E-state index in [1.165, 1.54) is 0 Å². The van der Waals surface area contributed by atoms with Crippen LogP contribution in [0.15, 0.2) is 0 Å². The predicted molar refractivity (Wildman–Crippen MR) is 71.7 cm³/mol. The second-order valence-electron chi connectivity index (χ2n) is 3.96. The maximum atomic E-state index is 6.27. The van der Waals surface area contributed by atoms with Gasteiger partial charge in [-0.15, -0.1) is 0 Å². The summed E-state index contributed by atoms with van der Waals surface area (Å²) in [5.41, 5.74) is 3.14. The quantitative estimate of drug-likeness (QED) is 0.880. The van der Waals surface area contributed by atoms with Gasteiger partial charge >= 0.3 is 0 Å². The molecular weight excluding hydrogens is 238 g/mol. The fraction of sp³-hybridized carbons (Fsp3) is 0.538. The standard InChI is InChI=1S/C13H20ClNO2/c1-8-10(6-7-15-3)12(16-4)9(2)11(14)13(8)17-5/h15H,6-7H2,1-5H3. The highest BCUT2D eigenvalue weighted by Crippen LogP contribution is 2.41. The molecule has 1 N–H and O–H groups in total. The molecule has 0 aliphatic heterocycles. The molecule has 4 heteroatoms. The Kier molecular flexibility index (Phi) is 5.09. The molecule has 0 fully saturated rings. The SMILES string of the molecule is CNCCc1c(C)c(OC)c(Cl)c(C)c1OC. The largest absolute Gasteiger partial charge is 0.496 e. The Morgan fingerprint density at radius 2 is 1.65 bits per heavy atom. The summed E-state index contributed by atoms with van der Waals surface area (Å²) in [4.78, 5) is 0. The van der Waals surface area contributed by atoms with Gasteiger partial charge in [0.05, 0.1) is 19.2 Å². The molecule has 0 atom stereocenters. The molecule has 1 aromatic carbocycles. The summed E-state index contributed by atoms with van der Waals surface area (Å²) in [5.74, 6) is 1.61. The van der Waals surface area contributed by atoms with Gasteiger partial charge in [0, 0.05) is 11.1 Å². The van der Waals surface area contributed by atoms with Crippen LogP contribution in [-0.2, 0) is 6.42 Å². The zero-order valence-corrected chi connectivity index (χ0v) is 11.9. The normalized spacial score (nSPS) is 10.5. The Bertz CT molecular complexity index is 405. The van der Waals surface area contributed by atoms with Crippen molar-refractivity contribution in [3.63, 3.8) is 0 Å². The molecule has 1 rings (SSSR count). The number of hydrogen-bond donors (Lipinski definition) is 1. The summed E-state index contributed by atoms with van der Waals surface area (Å²) in [7, 11) is 5.25. The zero-order chi connectivity index (χ0) is 13.0. The number of methoxy groups -OCH3 is 2. The minimum atomic E-state index is 0.634. The van der Waals surface area contributed by atoms with E-state index in [1.807, 2.05) is 20.9 Å². The molecular formula is C13H20ClNO2. The van der Waals surface area contributed by atoms with E-state index in [-0.39, 0.29) is 0 Å². The maximum absolute atomic E-state index is 6.27. The smallest absolute Gasteiger partial charge is 0.141 e. The second kappa shape index (κ2) is 6.12. The van der Waals surface area contributed by atoms with Gasteiger partial charge in [-0.25, -0.2) is 0 Å². The predicted octanol–water partition coefficient (Wildman–Crippen LogP) is 2.74. The first-order valence-electron chi connectivity index (χ1n) is 5.62. The van der Waals surface area contributed by atoms with E-state index in [2.05, 4.69) is 5.32 Å². The van der Waals surface area contributed by atoms with Gasteiger partial charge in [0.15, 0.2) is 0 Å². The minimum absolute atomic E-state index is 0.634. The van der Waals surface area contributed by atoms with E-state index < -0.39 is 0 Å². The first-order chi connectivity index (χ1) is 8.08. The van der Waals surface area contributed by atoms with Crippen molar-refractivity contribution in [1.82, 2.24) is 5.32 Å². The van der Waals surface area contributed by atoms with E-state index >= 15 is 0 Å². The van der Waals surface area contributed by atoms with E-state index in [1.54, 1.807) is 14.2 Å². The van der Waals surface area contributed by atoms with Crippen LogP contribution in [-0.4, -0.2) is 27.8 Å². The summed E-state index contributed by atoms with van der Waals surface area (Å²) in [6.45, 7) is 4.85. The van der Waals surface area contributed by atoms with Crippen molar-refractivity contribution in [2.45, 2.75) is 20.3 Å². The summed E-state index contributed by atoms with van der Waals surface area (Å²) >= 11 is 6.27. The Morgan fingerprint density at radius 1 is 1.06 bits per heavy atom. The number of ether oxygens (including phenoxy) is 2. The van der Waals surface area contributed by atoms with Crippen LogP contribution in [0.3, 0.4) is 0 Å². The van der Waals surface area contributed by atoms with Crippen LogP contribution in [0.5, 0.6) is 11.5 Å². The van der Waals surface area contributed by atoms with Crippen molar-refractivity contribution < 1.29 is 9.47 Å². The van der Waals surface area contributed by atoms with Crippen LogP contribution in [0.25, 0.3) is 0 Å². The van der Waals surface area contributed by atoms with E-state index in [4.69, 9.17) is 21.1 Å². The lowest BCUT2D eigenvalue weighted by Gasteiger charge is -2.19. The molecule has 0 bridgehead atoms. The zero-order valence-electron chi connectivity index (χ0n) is 11.1. The van der Waals surface area contributed by atoms with Crippen LogP contribution in [0, 0.1) is 13.8 Å². The Hall–Kier alpha value is -0.930. The number of rotatable bonds is 5. The Morgan fingerprint density at radius 3 is 2.12 bits per heavy atom. The molecule has 0 spiro atoms. The molecule has 0 aliphatic rings. The monoisotopic (exact) mass is 257 g/mol. The summed E-state index contributed by atoms with van der Waals surface area (Å²) in [6.07, 6.45) is 0.889. The lowest BCUT2D eigenvalue weighted by atomic mass is 9.99. The van der Waals surface area contributed by atoms with Gasteiger partial charge in [-0.1, -0.05) is 11.6 Å². The van der Waals surface area contributed by atoms with E-state index in [0.29, 0.717) is 5.02 Å². The summed E-state index contributed by atoms with van der Waals surface area (Å²) < 4.78 is 10.8. The van der Waals surface area contributed by atoms with Gasteiger partial charge in [0.1, 0.15) is 11.5 Å². The van der Waals surface area contributed by atoms with Crippen LogP contribution >= 0.6 is 11.6 Å². The highest BCUT2D eigenvalue weighted by Gasteiger charge is 2.19. The first kappa shape index (κ1) is 14.1. The van der Waals surface area contributed by atoms with Gasteiger partial charge in [-0.3, -0.25) is 0 Å². The summed E-state index contributed by atoms with van der Waals surface area (Å²) in [6, 6.07) is 0.